The lowest BCUT2D eigenvalue weighted by Crippen LogP contribution is -2.15. The normalized spacial score (nSPS) is 13.6. The predicted molar refractivity (Wildman–Crippen MR) is 91.8 cm³/mol. The molecule has 1 aromatic heterocycles. The summed E-state index contributed by atoms with van der Waals surface area (Å²) in [7, 11) is 0. The van der Waals surface area contributed by atoms with Gasteiger partial charge in [0.1, 0.15) is 13.2 Å². The summed E-state index contributed by atoms with van der Waals surface area (Å²) in [5.74, 6) is 1.64. The maximum absolute atomic E-state index is 5.75. The smallest absolute Gasteiger partial charge is 0.163 e. The minimum atomic E-state index is 0.601. The molecule has 5 rings (SSSR count). The summed E-state index contributed by atoms with van der Waals surface area (Å²) in [4.78, 5) is 0. The van der Waals surface area contributed by atoms with Crippen LogP contribution in [-0.4, -0.2) is 17.8 Å². The summed E-state index contributed by atoms with van der Waals surface area (Å²) in [6.45, 7) is 1.21. The first-order valence-electron chi connectivity index (χ1n) is 7.80. The Hall–Kier alpha value is -2.94. The van der Waals surface area contributed by atoms with E-state index in [9.17, 15) is 0 Å². The number of hydrogen-bond donors (Lipinski definition) is 0. The Bertz CT molecular complexity index is 979. The second-order valence-electron chi connectivity index (χ2n) is 5.70. The Morgan fingerprint density at radius 1 is 0.652 bits per heavy atom. The molecule has 1 aliphatic rings. The third-order valence-electron chi connectivity index (χ3n) is 4.36. The molecule has 0 fully saturated rings. The first-order valence-corrected chi connectivity index (χ1v) is 7.80. The van der Waals surface area contributed by atoms with E-state index in [1.807, 2.05) is 6.07 Å². The zero-order valence-electron chi connectivity index (χ0n) is 12.5. The largest absolute Gasteiger partial charge is 0.486 e. The SMILES string of the molecule is c1ccc2c(c1)c1ccccc1n2-c1ccc2c(c1)OCCO2. The van der Waals surface area contributed by atoms with Gasteiger partial charge in [0.15, 0.2) is 11.5 Å². The Labute approximate surface area is 133 Å². The molecule has 0 N–H and O–H groups in total. The van der Waals surface area contributed by atoms with Crippen LogP contribution >= 0.6 is 0 Å². The number of rotatable bonds is 1. The fraction of sp³-hybridized carbons (Fsp3) is 0.100. The number of benzene rings is 3. The quantitative estimate of drug-likeness (QED) is 0.515. The lowest BCUT2D eigenvalue weighted by Gasteiger charge is -2.19. The molecule has 0 unspecified atom stereocenters. The molecule has 3 nitrogen and oxygen atoms in total. The number of ether oxygens (including phenoxy) is 2. The molecule has 0 saturated carbocycles. The van der Waals surface area contributed by atoms with Gasteiger partial charge in [0.2, 0.25) is 0 Å². The van der Waals surface area contributed by atoms with Crippen molar-refractivity contribution in [3.05, 3.63) is 66.7 Å². The molecule has 112 valence electrons. The number of fused-ring (bicyclic) bond motifs is 4. The van der Waals surface area contributed by atoms with E-state index < -0.39 is 0 Å². The summed E-state index contributed by atoms with van der Waals surface area (Å²) < 4.78 is 13.7. The minimum Gasteiger partial charge on any atom is -0.486 e. The van der Waals surface area contributed by atoms with Gasteiger partial charge in [0.25, 0.3) is 0 Å². The highest BCUT2D eigenvalue weighted by molar-refractivity contribution is 6.09. The topological polar surface area (TPSA) is 23.4 Å². The Morgan fingerprint density at radius 3 is 1.96 bits per heavy atom. The summed E-state index contributed by atoms with van der Waals surface area (Å²) in [6.07, 6.45) is 0. The number of para-hydroxylation sites is 2. The van der Waals surface area contributed by atoms with Crippen molar-refractivity contribution in [2.75, 3.05) is 13.2 Å². The molecular formula is C20H15NO2. The fourth-order valence-corrected chi connectivity index (χ4v) is 3.37. The van der Waals surface area contributed by atoms with E-state index in [2.05, 4.69) is 65.2 Å². The lowest BCUT2D eigenvalue weighted by molar-refractivity contribution is 0.171. The van der Waals surface area contributed by atoms with Gasteiger partial charge in [0, 0.05) is 16.8 Å². The minimum absolute atomic E-state index is 0.601. The van der Waals surface area contributed by atoms with Crippen molar-refractivity contribution in [2.24, 2.45) is 0 Å². The maximum atomic E-state index is 5.75. The van der Waals surface area contributed by atoms with Gasteiger partial charge in [-0.25, -0.2) is 0 Å². The Morgan fingerprint density at radius 2 is 1.26 bits per heavy atom. The molecule has 0 spiro atoms. The average Bonchev–Trinajstić information content (AvgIpc) is 2.96. The molecule has 3 heteroatoms. The second kappa shape index (κ2) is 4.78. The molecule has 0 bridgehead atoms. The summed E-state index contributed by atoms with van der Waals surface area (Å²) >= 11 is 0. The van der Waals surface area contributed by atoms with Crippen molar-refractivity contribution in [2.45, 2.75) is 0 Å². The van der Waals surface area contributed by atoms with Gasteiger partial charge in [-0.2, -0.15) is 0 Å². The van der Waals surface area contributed by atoms with Crippen LogP contribution in [0.15, 0.2) is 66.7 Å². The average molecular weight is 301 g/mol. The van der Waals surface area contributed by atoms with Gasteiger partial charge >= 0.3 is 0 Å². The lowest BCUT2D eigenvalue weighted by atomic mass is 10.2. The van der Waals surface area contributed by atoms with Crippen LogP contribution in [0.3, 0.4) is 0 Å². The summed E-state index contributed by atoms with van der Waals surface area (Å²) in [6, 6.07) is 23.1. The number of hydrogen-bond acceptors (Lipinski definition) is 2. The highest BCUT2D eigenvalue weighted by Gasteiger charge is 2.15. The van der Waals surface area contributed by atoms with Gasteiger partial charge in [-0.05, 0) is 24.3 Å². The third kappa shape index (κ3) is 1.83. The van der Waals surface area contributed by atoms with Crippen LogP contribution < -0.4 is 9.47 Å². The van der Waals surface area contributed by atoms with Gasteiger partial charge in [-0.3, -0.25) is 0 Å². The van der Waals surface area contributed by atoms with Crippen molar-refractivity contribution in [3.63, 3.8) is 0 Å². The molecule has 0 saturated heterocycles. The zero-order valence-corrected chi connectivity index (χ0v) is 12.5. The molecule has 2 heterocycles. The molecule has 1 aliphatic heterocycles. The molecule has 3 aromatic carbocycles. The van der Waals surface area contributed by atoms with Crippen LogP contribution in [0.5, 0.6) is 11.5 Å². The van der Waals surface area contributed by atoms with Crippen LogP contribution in [-0.2, 0) is 0 Å². The third-order valence-corrected chi connectivity index (χ3v) is 4.36. The second-order valence-corrected chi connectivity index (χ2v) is 5.70. The molecule has 23 heavy (non-hydrogen) atoms. The van der Waals surface area contributed by atoms with E-state index in [0.29, 0.717) is 13.2 Å². The highest BCUT2D eigenvalue weighted by atomic mass is 16.6. The van der Waals surface area contributed by atoms with E-state index in [1.165, 1.54) is 21.8 Å². The van der Waals surface area contributed by atoms with Crippen molar-refractivity contribution in [1.82, 2.24) is 4.57 Å². The Kier molecular flexibility index (Phi) is 2.62. The van der Waals surface area contributed by atoms with E-state index >= 15 is 0 Å². The van der Waals surface area contributed by atoms with Crippen molar-refractivity contribution >= 4 is 21.8 Å². The van der Waals surface area contributed by atoms with E-state index in [-0.39, 0.29) is 0 Å². The number of aromatic nitrogens is 1. The van der Waals surface area contributed by atoms with Crippen LogP contribution in [0.1, 0.15) is 0 Å². The van der Waals surface area contributed by atoms with Crippen molar-refractivity contribution in [1.29, 1.82) is 0 Å². The zero-order chi connectivity index (χ0) is 15.2. The number of nitrogens with zero attached hydrogens (tertiary/aromatic N) is 1. The maximum Gasteiger partial charge on any atom is 0.163 e. The standard InChI is InChI=1S/C20H15NO2/c1-3-7-17-15(5-1)16-6-2-4-8-18(16)21(17)14-9-10-19-20(13-14)23-12-11-22-19/h1-10,13H,11-12H2. The van der Waals surface area contributed by atoms with Crippen molar-refractivity contribution < 1.29 is 9.47 Å². The van der Waals surface area contributed by atoms with E-state index in [4.69, 9.17) is 9.47 Å². The molecule has 0 amide bonds. The fourth-order valence-electron chi connectivity index (χ4n) is 3.37. The molecule has 4 aromatic rings. The monoisotopic (exact) mass is 301 g/mol. The van der Waals surface area contributed by atoms with Gasteiger partial charge in [0.05, 0.1) is 16.7 Å². The first kappa shape index (κ1) is 12.6. The molecule has 0 radical (unpaired) electrons. The van der Waals surface area contributed by atoms with Gasteiger partial charge in [-0.1, -0.05) is 36.4 Å². The molecule has 0 atom stereocenters. The van der Waals surface area contributed by atoms with Gasteiger partial charge in [-0.15, -0.1) is 0 Å². The Balaban J connectivity index is 1.85. The van der Waals surface area contributed by atoms with Crippen molar-refractivity contribution in [3.8, 4) is 17.2 Å². The van der Waals surface area contributed by atoms with Crippen LogP contribution in [0.4, 0.5) is 0 Å². The van der Waals surface area contributed by atoms with E-state index in [1.54, 1.807) is 0 Å². The summed E-state index contributed by atoms with van der Waals surface area (Å²) in [5.41, 5.74) is 3.49. The van der Waals surface area contributed by atoms with Crippen LogP contribution in [0, 0.1) is 0 Å². The van der Waals surface area contributed by atoms with E-state index in [0.717, 1.165) is 17.2 Å². The van der Waals surface area contributed by atoms with Crippen LogP contribution in [0.25, 0.3) is 27.5 Å². The summed E-state index contributed by atoms with van der Waals surface area (Å²) in [5, 5.41) is 2.52. The highest BCUT2D eigenvalue weighted by Crippen LogP contribution is 2.36. The van der Waals surface area contributed by atoms with Crippen LogP contribution in [0.2, 0.25) is 0 Å². The predicted octanol–water partition coefficient (Wildman–Crippen LogP) is 4.55. The first-order chi connectivity index (χ1) is 11.4. The molecule has 0 aliphatic carbocycles. The van der Waals surface area contributed by atoms with Gasteiger partial charge < -0.3 is 14.0 Å². The molecular weight excluding hydrogens is 286 g/mol.